The molecule has 0 saturated heterocycles. The van der Waals surface area contributed by atoms with Crippen molar-refractivity contribution in [3.63, 3.8) is 0 Å². The normalized spacial score (nSPS) is 12.7. The number of nitrogens with zero attached hydrogens (tertiary/aromatic N) is 1. The number of aromatic nitrogens is 2. The highest BCUT2D eigenvalue weighted by Gasteiger charge is 2.04. The van der Waals surface area contributed by atoms with Gasteiger partial charge in [-0.1, -0.05) is 30.3 Å². The third-order valence-corrected chi connectivity index (χ3v) is 2.32. The summed E-state index contributed by atoms with van der Waals surface area (Å²) in [6.45, 7) is 1.92. The summed E-state index contributed by atoms with van der Waals surface area (Å²) in [6.07, 6.45) is 2.73. The van der Waals surface area contributed by atoms with E-state index in [-0.39, 0.29) is 6.04 Å². The molecule has 78 valence electrons. The number of imidazole rings is 1. The molecule has 0 aliphatic rings. The molecule has 3 N–H and O–H groups in total. The average molecular weight is 201 g/mol. The fraction of sp³-hybridized carbons (Fsp3) is 0.250. The first kappa shape index (κ1) is 9.93. The second-order valence-corrected chi connectivity index (χ2v) is 3.74. The Labute approximate surface area is 89.4 Å². The van der Waals surface area contributed by atoms with E-state index in [2.05, 4.69) is 22.1 Å². The SMILES string of the molecule is C[C@H](N)c1ncc(Cc2ccccc2)[nH]1. The van der Waals surface area contributed by atoms with E-state index in [0.717, 1.165) is 17.9 Å². The molecule has 0 aliphatic heterocycles. The molecule has 0 amide bonds. The second-order valence-electron chi connectivity index (χ2n) is 3.74. The van der Waals surface area contributed by atoms with Crippen LogP contribution in [0.2, 0.25) is 0 Å². The van der Waals surface area contributed by atoms with Gasteiger partial charge in [0.15, 0.2) is 0 Å². The monoisotopic (exact) mass is 201 g/mol. The molecule has 0 spiro atoms. The van der Waals surface area contributed by atoms with Gasteiger partial charge < -0.3 is 10.7 Å². The van der Waals surface area contributed by atoms with Crippen LogP contribution in [0.5, 0.6) is 0 Å². The van der Waals surface area contributed by atoms with E-state index in [4.69, 9.17) is 5.73 Å². The maximum absolute atomic E-state index is 5.73. The maximum Gasteiger partial charge on any atom is 0.122 e. The van der Waals surface area contributed by atoms with E-state index in [1.807, 2.05) is 31.3 Å². The highest BCUT2D eigenvalue weighted by atomic mass is 14.9. The molecule has 1 aromatic carbocycles. The Balaban J connectivity index is 2.12. The van der Waals surface area contributed by atoms with E-state index in [9.17, 15) is 0 Å². The van der Waals surface area contributed by atoms with Gasteiger partial charge in [-0.3, -0.25) is 0 Å². The summed E-state index contributed by atoms with van der Waals surface area (Å²) in [5.74, 6) is 0.848. The molecule has 0 saturated carbocycles. The Morgan fingerprint density at radius 1 is 1.33 bits per heavy atom. The van der Waals surface area contributed by atoms with Gasteiger partial charge in [0.05, 0.1) is 6.04 Å². The van der Waals surface area contributed by atoms with Crippen LogP contribution in [0.3, 0.4) is 0 Å². The van der Waals surface area contributed by atoms with Gasteiger partial charge in [-0.2, -0.15) is 0 Å². The van der Waals surface area contributed by atoms with Crippen LogP contribution in [-0.4, -0.2) is 9.97 Å². The molecule has 2 aromatic rings. The van der Waals surface area contributed by atoms with Gasteiger partial charge in [0.1, 0.15) is 5.82 Å². The van der Waals surface area contributed by atoms with Crippen molar-refractivity contribution >= 4 is 0 Å². The largest absolute Gasteiger partial charge is 0.344 e. The highest BCUT2D eigenvalue weighted by Crippen LogP contribution is 2.09. The maximum atomic E-state index is 5.73. The summed E-state index contributed by atoms with van der Waals surface area (Å²) in [5, 5.41) is 0. The lowest BCUT2D eigenvalue weighted by molar-refractivity contribution is 0.752. The predicted octanol–water partition coefficient (Wildman–Crippen LogP) is 2.02. The standard InChI is InChI=1S/C12H15N3/c1-9(13)12-14-8-11(15-12)7-10-5-3-2-4-6-10/h2-6,8-9H,7,13H2,1H3,(H,14,15)/t9-/m0/s1. The molecule has 0 fully saturated rings. The minimum absolute atomic E-state index is 0.0328. The van der Waals surface area contributed by atoms with Crippen molar-refractivity contribution in [2.75, 3.05) is 0 Å². The van der Waals surface area contributed by atoms with Gasteiger partial charge in [-0.15, -0.1) is 0 Å². The van der Waals surface area contributed by atoms with E-state index in [1.165, 1.54) is 5.56 Å². The topological polar surface area (TPSA) is 54.7 Å². The second kappa shape index (κ2) is 4.28. The van der Waals surface area contributed by atoms with Gasteiger partial charge in [-0.05, 0) is 12.5 Å². The van der Waals surface area contributed by atoms with E-state index in [0.29, 0.717) is 0 Å². The Hall–Kier alpha value is -1.61. The van der Waals surface area contributed by atoms with Crippen LogP contribution in [0.15, 0.2) is 36.5 Å². The van der Waals surface area contributed by atoms with Crippen LogP contribution in [0, 0.1) is 0 Å². The lowest BCUT2D eigenvalue weighted by atomic mass is 10.1. The third kappa shape index (κ3) is 2.44. The van der Waals surface area contributed by atoms with Crippen molar-refractivity contribution in [1.29, 1.82) is 0 Å². The molecule has 15 heavy (non-hydrogen) atoms. The molecule has 0 aliphatic carbocycles. The number of H-pyrrole nitrogens is 1. The molecule has 3 nitrogen and oxygen atoms in total. The fourth-order valence-corrected chi connectivity index (χ4v) is 1.51. The smallest absolute Gasteiger partial charge is 0.122 e. The molecule has 0 bridgehead atoms. The zero-order valence-corrected chi connectivity index (χ0v) is 8.77. The Morgan fingerprint density at radius 2 is 2.07 bits per heavy atom. The number of rotatable bonds is 3. The first-order valence-electron chi connectivity index (χ1n) is 5.09. The summed E-state index contributed by atoms with van der Waals surface area (Å²) in [4.78, 5) is 7.46. The number of nitrogens with two attached hydrogens (primary N) is 1. The Bertz CT molecular complexity index is 417. The first-order chi connectivity index (χ1) is 7.25. The predicted molar refractivity (Wildman–Crippen MR) is 60.4 cm³/mol. The van der Waals surface area contributed by atoms with Gasteiger partial charge in [0.2, 0.25) is 0 Å². The Morgan fingerprint density at radius 3 is 2.67 bits per heavy atom. The fourth-order valence-electron chi connectivity index (χ4n) is 1.51. The number of hydrogen-bond donors (Lipinski definition) is 2. The van der Waals surface area contributed by atoms with Crippen LogP contribution in [0.1, 0.15) is 30.0 Å². The van der Waals surface area contributed by atoms with Crippen LogP contribution in [0.25, 0.3) is 0 Å². The summed E-state index contributed by atoms with van der Waals surface area (Å²) in [6, 6.07) is 10.3. The summed E-state index contributed by atoms with van der Waals surface area (Å²) < 4.78 is 0. The zero-order chi connectivity index (χ0) is 10.7. The summed E-state index contributed by atoms with van der Waals surface area (Å²) in [5.41, 5.74) is 8.11. The van der Waals surface area contributed by atoms with Crippen molar-refractivity contribution in [3.8, 4) is 0 Å². The summed E-state index contributed by atoms with van der Waals surface area (Å²) >= 11 is 0. The molecular weight excluding hydrogens is 186 g/mol. The number of benzene rings is 1. The van der Waals surface area contributed by atoms with Crippen LogP contribution in [0.4, 0.5) is 0 Å². The molecule has 1 atom stereocenters. The molecule has 0 radical (unpaired) electrons. The molecule has 2 rings (SSSR count). The number of hydrogen-bond acceptors (Lipinski definition) is 2. The Kier molecular flexibility index (Phi) is 2.83. The lowest BCUT2D eigenvalue weighted by Crippen LogP contribution is -2.06. The van der Waals surface area contributed by atoms with Crippen molar-refractivity contribution in [2.45, 2.75) is 19.4 Å². The molecule has 0 unspecified atom stereocenters. The van der Waals surface area contributed by atoms with Gasteiger partial charge in [-0.25, -0.2) is 4.98 Å². The molecule has 1 aromatic heterocycles. The third-order valence-electron chi connectivity index (χ3n) is 2.32. The lowest BCUT2D eigenvalue weighted by Gasteiger charge is -2.00. The summed E-state index contributed by atoms with van der Waals surface area (Å²) in [7, 11) is 0. The van der Waals surface area contributed by atoms with Gasteiger partial charge in [0.25, 0.3) is 0 Å². The zero-order valence-electron chi connectivity index (χ0n) is 8.77. The van der Waals surface area contributed by atoms with E-state index in [1.54, 1.807) is 0 Å². The van der Waals surface area contributed by atoms with Crippen molar-refractivity contribution in [3.05, 3.63) is 53.6 Å². The molecular formula is C12H15N3. The van der Waals surface area contributed by atoms with Crippen molar-refractivity contribution in [2.24, 2.45) is 5.73 Å². The van der Waals surface area contributed by atoms with Crippen molar-refractivity contribution < 1.29 is 0 Å². The quantitative estimate of drug-likeness (QED) is 0.798. The molecule has 1 heterocycles. The first-order valence-corrected chi connectivity index (χ1v) is 5.09. The average Bonchev–Trinajstić information content (AvgIpc) is 2.68. The van der Waals surface area contributed by atoms with Gasteiger partial charge in [0, 0.05) is 18.3 Å². The van der Waals surface area contributed by atoms with Crippen molar-refractivity contribution in [1.82, 2.24) is 9.97 Å². The van der Waals surface area contributed by atoms with Crippen LogP contribution >= 0.6 is 0 Å². The number of nitrogens with one attached hydrogen (secondary N) is 1. The highest BCUT2D eigenvalue weighted by molar-refractivity contribution is 5.21. The van der Waals surface area contributed by atoms with E-state index < -0.39 is 0 Å². The number of aromatic amines is 1. The van der Waals surface area contributed by atoms with Gasteiger partial charge >= 0.3 is 0 Å². The minimum Gasteiger partial charge on any atom is -0.344 e. The minimum atomic E-state index is -0.0328. The van der Waals surface area contributed by atoms with E-state index >= 15 is 0 Å². The van der Waals surface area contributed by atoms with Crippen LogP contribution < -0.4 is 5.73 Å². The van der Waals surface area contributed by atoms with Crippen LogP contribution in [-0.2, 0) is 6.42 Å². The molecule has 3 heteroatoms.